The summed E-state index contributed by atoms with van der Waals surface area (Å²) in [5.41, 5.74) is 0. The summed E-state index contributed by atoms with van der Waals surface area (Å²) in [5, 5.41) is 0. The van der Waals surface area contributed by atoms with Crippen molar-refractivity contribution in [2.24, 2.45) is 0 Å². The zero-order valence-corrected chi connectivity index (χ0v) is 5.84. The predicted molar refractivity (Wildman–Crippen MR) is 37.9 cm³/mol. The Morgan fingerprint density at radius 1 is 1.29 bits per heavy atom. The van der Waals surface area contributed by atoms with E-state index in [0.717, 1.165) is 13.1 Å². The van der Waals surface area contributed by atoms with Crippen LogP contribution in [0, 0.1) is 0 Å². The van der Waals surface area contributed by atoms with Crippen LogP contribution in [0.1, 0.15) is 0 Å². The highest BCUT2D eigenvalue weighted by molar-refractivity contribution is 7.99. The second kappa shape index (κ2) is 2.84. The van der Waals surface area contributed by atoms with Crippen LogP contribution < -0.4 is 0 Å². The largest absolute Gasteiger partial charge is 0.252 e. The van der Waals surface area contributed by atoms with Crippen molar-refractivity contribution in [1.29, 1.82) is 0 Å². The van der Waals surface area contributed by atoms with E-state index in [1.807, 2.05) is 11.8 Å². The predicted octanol–water partition coefficient (Wildman–Crippen LogP) is 0.880. The molecule has 1 heterocycles. The van der Waals surface area contributed by atoms with Crippen molar-refractivity contribution in [2.75, 3.05) is 24.6 Å². The lowest BCUT2D eigenvalue weighted by molar-refractivity contribution is 0.529. The molecule has 0 atom stereocenters. The highest BCUT2D eigenvalue weighted by Gasteiger charge is 2.03. The number of rotatable bonds is 0. The Morgan fingerprint density at radius 3 is 2.14 bits per heavy atom. The minimum Gasteiger partial charge on any atom is -0.252 e. The summed E-state index contributed by atoms with van der Waals surface area (Å²) in [6, 6.07) is 0. The highest BCUT2D eigenvalue weighted by atomic mass is 32.2. The van der Waals surface area contributed by atoms with Crippen LogP contribution in [0.5, 0.6) is 0 Å². The molecular formula is C4H9NS2. The number of hydrogen-bond donors (Lipinski definition) is 1. The molecule has 1 aliphatic heterocycles. The van der Waals surface area contributed by atoms with Crippen LogP contribution in [0.4, 0.5) is 0 Å². The van der Waals surface area contributed by atoms with E-state index in [1.165, 1.54) is 11.5 Å². The van der Waals surface area contributed by atoms with Gasteiger partial charge in [0.2, 0.25) is 0 Å². The second-order valence-electron chi connectivity index (χ2n) is 1.57. The van der Waals surface area contributed by atoms with Crippen molar-refractivity contribution >= 4 is 24.6 Å². The smallest absolute Gasteiger partial charge is 0.0178 e. The number of nitrogens with zero attached hydrogens (tertiary/aromatic N) is 1. The first-order valence-corrected chi connectivity index (χ1v) is 3.96. The molecule has 0 saturated carbocycles. The quantitative estimate of drug-likeness (QED) is 0.491. The van der Waals surface area contributed by atoms with E-state index in [4.69, 9.17) is 0 Å². The lowest BCUT2D eigenvalue weighted by atomic mass is 10.6. The summed E-state index contributed by atoms with van der Waals surface area (Å²) < 4.78 is 2.07. The van der Waals surface area contributed by atoms with Crippen LogP contribution in [0.2, 0.25) is 0 Å². The van der Waals surface area contributed by atoms with E-state index in [1.54, 1.807) is 0 Å². The molecule has 42 valence electrons. The van der Waals surface area contributed by atoms with Gasteiger partial charge >= 0.3 is 0 Å². The van der Waals surface area contributed by atoms with Gasteiger partial charge < -0.3 is 0 Å². The molecule has 0 spiro atoms. The fraction of sp³-hybridized carbons (Fsp3) is 1.00. The Morgan fingerprint density at radius 2 is 1.86 bits per heavy atom. The number of thioether (sulfide) groups is 1. The lowest BCUT2D eigenvalue weighted by Gasteiger charge is -2.18. The monoisotopic (exact) mass is 135 g/mol. The van der Waals surface area contributed by atoms with E-state index in [2.05, 4.69) is 17.1 Å². The Balaban J connectivity index is 2.12. The molecule has 0 bridgehead atoms. The van der Waals surface area contributed by atoms with Gasteiger partial charge in [-0.3, -0.25) is 4.31 Å². The summed E-state index contributed by atoms with van der Waals surface area (Å²) in [5.74, 6) is 2.51. The highest BCUT2D eigenvalue weighted by Crippen LogP contribution is 2.09. The van der Waals surface area contributed by atoms with Gasteiger partial charge in [-0.25, -0.2) is 0 Å². The summed E-state index contributed by atoms with van der Waals surface area (Å²) >= 11 is 6.19. The molecule has 0 aromatic carbocycles. The molecule has 7 heavy (non-hydrogen) atoms. The molecule has 1 saturated heterocycles. The Hall–Kier alpha value is 0.660. The van der Waals surface area contributed by atoms with Crippen molar-refractivity contribution in [1.82, 2.24) is 4.31 Å². The summed E-state index contributed by atoms with van der Waals surface area (Å²) in [4.78, 5) is 0. The van der Waals surface area contributed by atoms with Crippen LogP contribution in [-0.4, -0.2) is 28.9 Å². The zero-order chi connectivity index (χ0) is 5.11. The molecule has 3 heteroatoms. The molecule has 1 nitrogen and oxygen atoms in total. The Labute approximate surface area is 54.0 Å². The van der Waals surface area contributed by atoms with E-state index >= 15 is 0 Å². The third-order valence-electron chi connectivity index (χ3n) is 0.987. The maximum Gasteiger partial charge on any atom is 0.0178 e. The molecule has 1 rings (SSSR count). The van der Waals surface area contributed by atoms with Crippen molar-refractivity contribution in [3.63, 3.8) is 0 Å². The third kappa shape index (κ3) is 1.93. The van der Waals surface area contributed by atoms with E-state index in [-0.39, 0.29) is 0 Å². The maximum absolute atomic E-state index is 4.18. The Bertz CT molecular complexity index is 51.7. The summed E-state index contributed by atoms with van der Waals surface area (Å²) in [6.45, 7) is 2.29. The van der Waals surface area contributed by atoms with Gasteiger partial charge in [-0.15, -0.1) is 0 Å². The summed E-state index contributed by atoms with van der Waals surface area (Å²) in [7, 11) is 0. The first-order chi connectivity index (χ1) is 3.39. The van der Waals surface area contributed by atoms with Gasteiger partial charge in [0.05, 0.1) is 0 Å². The molecule has 1 aliphatic rings. The van der Waals surface area contributed by atoms with Crippen LogP contribution in [0.25, 0.3) is 0 Å². The van der Waals surface area contributed by atoms with Gasteiger partial charge in [-0.1, -0.05) is 12.8 Å². The molecule has 0 aromatic rings. The van der Waals surface area contributed by atoms with Crippen molar-refractivity contribution in [3.05, 3.63) is 0 Å². The van der Waals surface area contributed by atoms with Gasteiger partial charge in [-0.05, 0) is 0 Å². The minimum absolute atomic E-state index is 1.15. The fourth-order valence-corrected chi connectivity index (χ4v) is 1.93. The lowest BCUT2D eigenvalue weighted by Crippen LogP contribution is -2.23. The second-order valence-corrected chi connectivity index (χ2v) is 3.36. The van der Waals surface area contributed by atoms with Crippen LogP contribution in [-0.2, 0) is 0 Å². The topological polar surface area (TPSA) is 3.24 Å². The van der Waals surface area contributed by atoms with Crippen LogP contribution in [0.15, 0.2) is 0 Å². The van der Waals surface area contributed by atoms with Crippen molar-refractivity contribution in [2.45, 2.75) is 0 Å². The van der Waals surface area contributed by atoms with Crippen LogP contribution in [0.3, 0.4) is 0 Å². The minimum atomic E-state index is 1.15. The average Bonchev–Trinajstić information content (AvgIpc) is 1.69. The average molecular weight is 135 g/mol. The molecule has 0 unspecified atom stereocenters. The molecule has 0 radical (unpaired) electrons. The van der Waals surface area contributed by atoms with Crippen LogP contribution >= 0.6 is 24.6 Å². The zero-order valence-electron chi connectivity index (χ0n) is 4.13. The molecule has 1 fully saturated rings. The Kier molecular flexibility index (Phi) is 2.35. The molecule has 0 N–H and O–H groups in total. The molecule has 0 aromatic heterocycles. The standard InChI is InChI=1S/C4H9NS2/c6-5-1-3-7-4-2-5/h6H,1-4H2. The van der Waals surface area contributed by atoms with E-state index in [0.29, 0.717) is 0 Å². The number of thiol groups is 1. The third-order valence-corrected chi connectivity index (χ3v) is 2.33. The maximum atomic E-state index is 4.18. The van der Waals surface area contributed by atoms with E-state index < -0.39 is 0 Å². The van der Waals surface area contributed by atoms with Gasteiger partial charge in [0.25, 0.3) is 0 Å². The normalized spacial score (nSPS) is 25.3. The first-order valence-electron chi connectivity index (χ1n) is 2.41. The van der Waals surface area contributed by atoms with Crippen molar-refractivity contribution in [3.8, 4) is 0 Å². The van der Waals surface area contributed by atoms with Gasteiger partial charge in [-0.2, -0.15) is 11.8 Å². The first kappa shape index (κ1) is 5.79. The fourth-order valence-electron chi connectivity index (χ4n) is 0.554. The number of hydrogen-bond acceptors (Lipinski definition) is 3. The van der Waals surface area contributed by atoms with E-state index in [9.17, 15) is 0 Å². The van der Waals surface area contributed by atoms with Gasteiger partial charge in [0, 0.05) is 24.6 Å². The van der Waals surface area contributed by atoms with Gasteiger partial charge in [0.15, 0.2) is 0 Å². The van der Waals surface area contributed by atoms with Gasteiger partial charge in [0.1, 0.15) is 0 Å². The molecule has 0 amide bonds. The molecular weight excluding hydrogens is 126 g/mol. The summed E-state index contributed by atoms with van der Waals surface area (Å²) in [6.07, 6.45) is 0. The van der Waals surface area contributed by atoms with Crippen molar-refractivity contribution < 1.29 is 0 Å². The molecule has 0 aliphatic carbocycles. The SMILES string of the molecule is SN1CCSCC1.